The molecule has 0 spiro atoms. The van der Waals surface area contributed by atoms with Gasteiger partial charge in [-0.05, 0) is 17.7 Å². The predicted molar refractivity (Wildman–Crippen MR) is 70.0 cm³/mol. The minimum Gasteiger partial charge on any atom is -0.464 e. The minimum absolute atomic E-state index is 0.170. The number of para-hydroxylation sites is 1. The molecule has 2 rings (SSSR count). The molecule has 20 heavy (non-hydrogen) atoms. The minimum atomic E-state index is -0.794. The highest BCUT2D eigenvalue weighted by Gasteiger charge is 2.16. The van der Waals surface area contributed by atoms with Gasteiger partial charge in [-0.1, -0.05) is 23.3 Å². The molecule has 8 nitrogen and oxygen atoms in total. The van der Waals surface area contributed by atoms with Gasteiger partial charge in [0.05, 0.1) is 18.5 Å². The fraction of sp³-hybridized carbons (Fsp3) is 0.0833. The highest BCUT2D eigenvalue weighted by Crippen LogP contribution is 2.16. The van der Waals surface area contributed by atoms with E-state index in [4.69, 9.17) is 5.53 Å². The van der Waals surface area contributed by atoms with Crippen LogP contribution in [0.4, 0.5) is 5.69 Å². The molecular formula is C12H9N5O3. The van der Waals surface area contributed by atoms with E-state index in [0.717, 1.165) is 10.7 Å². The maximum absolute atomic E-state index is 11.9. The maximum atomic E-state index is 11.9. The molecule has 0 saturated carbocycles. The van der Waals surface area contributed by atoms with E-state index in [1.165, 1.54) is 7.11 Å². The van der Waals surface area contributed by atoms with Crippen LogP contribution >= 0.6 is 0 Å². The first-order chi connectivity index (χ1) is 9.67. The van der Waals surface area contributed by atoms with E-state index in [1.807, 2.05) is 0 Å². The molecule has 1 heterocycles. The zero-order chi connectivity index (χ0) is 14.5. The average molecular weight is 271 g/mol. The Morgan fingerprint density at radius 3 is 2.70 bits per heavy atom. The van der Waals surface area contributed by atoms with Crippen LogP contribution in [0.1, 0.15) is 10.5 Å². The Morgan fingerprint density at radius 1 is 1.40 bits per heavy atom. The van der Waals surface area contributed by atoms with Crippen LogP contribution in [0.25, 0.3) is 16.1 Å². The summed E-state index contributed by atoms with van der Waals surface area (Å²) < 4.78 is 5.58. The molecule has 1 aromatic carbocycles. The van der Waals surface area contributed by atoms with Crippen LogP contribution in [0.5, 0.6) is 0 Å². The Kier molecular flexibility index (Phi) is 3.78. The van der Waals surface area contributed by atoms with Crippen molar-refractivity contribution in [3.05, 3.63) is 62.9 Å². The molecular weight excluding hydrogens is 262 g/mol. The molecule has 0 aliphatic heterocycles. The van der Waals surface area contributed by atoms with Crippen LogP contribution in [-0.4, -0.2) is 22.9 Å². The Labute approximate surface area is 112 Å². The lowest BCUT2D eigenvalue weighted by Crippen LogP contribution is -2.23. The number of hydrogen-bond acceptors (Lipinski definition) is 5. The van der Waals surface area contributed by atoms with Gasteiger partial charge < -0.3 is 4.74 Å². The van der Waals surface area contributed by atoms with Gasteiger partial charge >= 0.3 is 5.97 Å². The van der Waals surface area contributed by atoms with Gasteiger partial charge in [0.25, 0.3) is 5.56 Å². The summed E-state index contributed by atoms with van der Waals surface area (Å²) in [4.78, 5) is 26.1. The zero-order valence-corrected chi connectivity index (χ0v) is 10.4. The summed E-state index contributed by atoms with van der Waals surface area (Å²) >= 11 is 0. The predicted octanol–water partition coefficient (Wildman–Crippen LogP) is 1.96. The van der Waals surface area contributed by atoms with Gasteiger partial charge in [0.2, 0.25) is 0 Å². The summed E-state index contributed by atoms with van der Waals surface area (Å²) in [6.07, 6.45) is 0. The first-order valence-corrected chi connectivity index (χ1v) is 5.50. The van der Waals surface area contributed by atoms with Crippen LogP contribution in [0, 0.1) is 0 Å². The van der Waals surface area contributed by atoms with Crippen LogP contribution in [0.15, 0.2) is 46.3 Å². The highest BCUT2D eigenvalue weighted by atomic mass is 16.5. The van der Waals surface area contributed by atoms with Crippen LogP contribution in [0.3, 0.4) is 0 Å². The van der Waals surface area contributed by atoms with Gasteiger partial charge in [0.15, 0.2) is 5.69 Å². The van der Waals surface area contributed by atoms with E-state index in [-0.39, 0.29) is 11.4 Å². The van der Waals surface area contributed by atoms with Crippen molar-refractivity contribution in [3.8, 4) is 5.69 Å². The van der Waals surface area contributed by atoms with Crippen LogP contribution < -0.4 is 5.56 Å². The number of carbonyl (C=O) groups excluding carboxylic acids is 1. The maximum Gasteiger partial charge on any atom is 0.359 e. The van der Waals surface area contributed by atoms with Gasteiger partial charge in [0, 0.05) is 11.0 Å². The van der Waals surface area contributed by atoms with Crippen LogP contribution in [0.2, 0.25) is 0 Å². The second-order valence-electron chi connectivity index (χ2n) is 3.64. The molecule has 100 valence electrons. The molecule has 0 aliphatic carbocycles. The smallest absolute Gasteiger partial charge is 0.359 e. The molecule has 0 aliphatic rings. The van der Waals surface area contributed by atoms with Crippen molar-refractivity contribution in [1.29, 1.82) is 0 Å². The number of rotatable bonds is 3. The van der Waals surface area contributed by atoms with Gasteiger partial charge in [-0.3, -0.25) is 4.79 Å². The summed E-state index contributed by atoms with van der Waals surface area (Å²) in [5.41, 5.74) is 8.01. The van der Waals surface area contributed by atoms with Crippen molar-refractivity contribution < 1.29 is 9.53 Å². The monoisotopic (exact) mass is 271 g/mol. The van der Waals surface area contributed by atoms with Crippen molar-refractivity contribution in [2.75, 3.05) is 7.11 Å². The van der Waals surface area contributed by atoms with E-state index in [0.29, 0.717) is 5.69 Å². The third kappa shape index (κ3) is 2.50. The molecule has 8 heteroatoms. The Balaban J connectivity index is 2.70. The quantitative estimate of drug-likeness (QED) is 0.367. The fourth-order valence-electron chi connectivity index (χ4n) is 1.57. The van der Waals surface area contributed by atoms with Gasteiger partial charge in [-0.25, -0.2) is 4.79 Å². The van der Waals surface area contributed by atoms with Gasteiger partial charge in [-0.2, -0.15) is 9.78 Å². The van der Waals surface area contributed by atoms with E-state index in [9.17, 15) is 9.59 Å². The number of esters is 1. The number of azide groups is 1. The number of benzene rings is 1. The second-order valence-corrected chi connectivity index (χ2v) is 3.64. The molecule has 0 amide bonds. The Hall–Kier alpha value is -3.12. The van der Waals surface area contributed by atoms with Crippen molar-refractivity contribution in [2.24, 2.45) is 5.11 Å². The van der Waals surface area contributed by atoms with Gasteiger partial charge in [0.1, 0.15) is 0 Å². The number of nitrogens with zero attached hydrogens (tertiary/aromatic N) is 5. The summed E-state index contributed by atoms with van der Waals surface area (Å²) in [5.74, 6) is -0.794. The summed E-state index contributed by atoms with van der Waals surface area (Å²) in [6.45, 7) is 0. The number of carbonyl (C=O) groups is 1. The van der Waals surface area contributed by atoms with E-state index in [2.05, 4.69) is 19.9 Å². The Bertz CT molecular complexity index is 747. The number of methoxy groups -OCH3 is 1. The first-order valence-electron chi connectivity index (χ1n) is 5.50. The SMILES string of the molecule is COC(=O)c1nn(-c2ccccc2)c(=O)cc1N=[N+]=[N-]. The second kappa shape index (κ2) is 5.68. The van der Waals surface area contributed by atoms with Crippen molar-refractivity contribution >= 4 is 11.7 Å². The lowest BCUT2D eigenvalue weighted by molar-refractivity contribution is 0.0593. The third-order valence-corrected chi connectivity index (χ3v) is 2.44. The van der Waals surface area contributed by atoms with Gasteiger partial charge in [-0.15, -0.1) is 0 Å². The fourth-order valence-corrected chi connectivity index (χ4v) is 1.57. The summed E-state index contributed by atoms with van der Waals surface area (Å²) in [7, 11) is 1.17. The Morgan fingerprint density at radius 2 is 2.10 bits per heavy atom. The van der Waals surface area contributed by atoms with Crippen molar-refractivity contribution in [1.82, 2.24) is 9.78 Å². The molecule has 0 radical (unpaired) electrons. The number of ether oxygens (including phenoxy) is 1. The number of aromatic nitrogens is 2. The molecule has 0 saturated heterocycles. The third-order valence-electron chi connectivity index (χ3n) is 2.44. The van der Waals surface area contributed by atoms with E-state index < -0.39 is 11.5 Å². The molecule has 0 N–H and O–H groups in total. The zero-order valence-electron chi connectivity index (χ0n) is 10.4. The van der Waals surface area contributed by atoms with Crippen molar-refractivity contribution in [2.45, 2.75) is 0 Å². The molecule has 0 fully saturated rings. The molecule has 1 aromatic heterocycles. The molecule has 0 bridgehead atoms. The molecule has 0 atom stereocenters. The topological polar surface area (TPSA) is 110 Å². The van der Waals surface area contributed by atoms with E-state index in [1.54, 1.807) is 30.3 Å². The average Bonchev–Trinajstić information content (AvgIpc) is 2.48. The van der Waals surface area contributed by atoms with Crippen molar-refractivity contribution in [3.63, 3.8) is 0 Å². The summed E-state index contributed by atoms with van der Waals surface area (Å²) in [6, 6.07) is 9.58. The first kappa shape index (κ1) is 13.3. The molecule has 2 aromatic rings. The van der Waals surface area contributed by atoms with E-state index >= 15 is 0 Å². The largest absolute Gasteiger partial charge is 0.464 e. The number of hydrogen-bond donors (Lipinski definition) is 0. The lowest BCUT2D eigenvalue weighted by Gasteiger charge is -2.07. The molecule has 0 unspecified atom stereocenters. The van der Waals surface area contributed by atoms with Crippen LogP contribution in [-0.2, 0) is 4.74 Å². The normalized spacial score (nSPS) is 9.65. The highest BCUT2D eigenvalue weighted by molar-refractivity contribution is 5.92. The lowest BCUT2D eigenvalue weighted by atomic mass is 10.3. The summed E-state index contributed by atoms with van der Waals surface area (Å²) in [5, 5.41) is 7.17. The standard InChI is InChI=1S/C12H9N5O3/c1-20-12(19)11-9(14-16-13)7-10(18)17(15-11)8-5-3-2-4-6-8/h2-7H,1H3.